The topological polar surface area (TPSA) is 59.8 Å². The SMILES string of the molecule is CC[C@H](C)c1ccccc1NC(=O)CSc1nnc(-c2ccccc2C)n1CC. The number of nitrogens with zero attached hydrogens (tertiary/aromatic N) is 3. The van der Waals surface area contributed by atoms with Gasteiger partial charge in [-0.2, -0.15) is 0 Å². The lowest BCUT2D eigenvalue weighted by molar-refractivity contribution is -0.113. The molecule has 0 spiro atoms. The number of benzene rings is 2. The number of hydrogen-bond acceptors (Lipinski definition) is 4. The lowest BCUT2D eigenvalue weighted by Gasteiger charge is -2.15. The van der Waals surface area contributed by atoms with Crippen LogP contribution in [0.2, 0.25) is 0 Å². The highest BCUT2D eigenvalue weighted by atomic mass is 32.2. The molecule has 0 aliphatic carbocycles. The van der Waals surface area contributed by atoms with Crippen LogP contribution in [0.25, 0.3) is 11.4 Å². The summed E-state index contributed by atoms with van der Waals surface area (Å²) in [5, 5.41) is 12.6. The molecule has 0 saturated carbocycles. The number of rotatable bonds is 8. The van der Waals surface area contributed by atoms with Gasteiger partial charge in [0.05, 0.1) is 5.75 Å². The molecule has 0 unspecified atom stereocenters. The number of aromatic nitrogens is 3. The summed E-state index contributed by atoms with van der Waals surface area (Å²) in [5.74, 6) is 1.50. The van der Waals surface area contributed by atoms with E-state index in [9.17, 15) is 4.79 Å². The Hall–Kier alpha value is -2.60. The largest absolute Gasteiger partial charge is 0.325 e. The van der Waals surface area contributed by atoms with E-state index in [-0.39, 0.29) is 5.91 Å². The molecular weight excluding hydrogens is 380 g/mol. The Labute approximate surface area is 176 Å². The number of para-hydroxylation sites is 1. The van der Waals surface area contributed by atoms with Gasteiger partial charge in [0.2, 0.25) is 5.91 Å². The van der Waals surface area contributed by atoms with Gasteiger partial charge in [0, 0.05) is 17.8 Å². The average molecular weight is 409 g/mol. The maximum atomic E-state index is 12.6. The van der Waals surface area contributed by atoms with E-state index in [2.05, 4.69) is 66.0 Å². The highest BCUT2D eigenvalue weighted by Crippen LogP contribution is 2.28. The Kier molecular flexibility index (Phi) is 7.09. The van der Waals surface area contributed by atoms with Crippen LogP contribution in [0.3, 0.4) is 0 Å². The Bertz CT molecular complexity index is 983. The molecule has 6 heteroatoms. The highest BCUT2D eigenvalue weighted by Gasteiger charge is 2.16. The van der Waals surface area contributed by atoms with E-state index in [1.807, 2.05) is 30.3 Å². The smallest absolute Gasteiger partial charge is 0.234 e. The zero-order valence-corrected chi connectivity index (χ0v) is 18.3. The standard InChI is InChI=1S/C23H28N4OS/c1-5-16(3)18-12-9-10-14-20(18)24-21(28)15-29-23-26-25-22(27(23)6-2)19-13-8-7-11-17(19)4/h7-14,16H,5-6,15H2,1-4H3,(H,24,28)/t16-/m0/s1. The predicted molar refractivity (Wildman–Crippen MR) is 120 cm³/mol. The van der Waals surface area contributed by atoms with Crippen molar-refractivity contribution in [2.75, 3.05) is 11.1 Å². The van der Waals surface area contributed by atoms with Crippen molar-refractivity contribution in [3.8, 4) is 11.4 Å². The minimum atomic E-state index is -0.0335. The molecule has 0 radical (unpaired) electrons. The van der Waals surface area contributed by atoms with Gasteiger partial charge < -0.3 is 9.88 Å². The second-order valence-electron chi connectivity index (χ2n) is 7.10. The van der Waals surface area contributed by atoms with Gasteiger partial charge in [-0.05, 0) is 43.4 Å². The minimum absolute atomic E-state index is 0.0335. The summed E-state index contributed by atoms with van der Waals surface area (Å²) in [6, 6.07) is 16.2. The van der Waals surface area contributed by atoms with E-state index < -0.39 is 0 Å². The number of carbonyl (C=O) groups excluding carboxylic acids is 1. The molecule has 5 nitrogen and oxygen atoms in total. The number of carbonyl (C=O) groups is 1. The van der Waals surface area contributed by atoms with Crippen molar-refractivity contribution in [1.29, 1.82) is 0 Å². The molecule has 0 bridgehead atoms. The van der Waals surface area contributed by atoms with Crippen LogP contribution < -0.4 is 5.32 Å². The van der Waals surface area contributed by atoms with Crippen LogP contribution in [0.15, 0.2) is 53.7 Å². The summed E-state index contributed by atoms with van der Waals surface area (Å²) in [6.45, 7) is 9.22. The highest BCUT2D eigenvalue weighted by molar-refractivity contribution is 7.99. The molecule has 29 heavy (non-hydrogen) atoms. The van der Waals surface area contributed by atoms with E-state index in [1.54, 1.807) is 0 Å². The fraction of sp³-hybridized carbons (Fsp3) is 0.348. The summed E-state index contributed by atoms with van der Waals surface area (Å²) in [7, 11) is 0. The molecule has 0 aliphatic heterocycles. The number of anilines is 1. The Morgan fingerprint density at radius 2 is 1.83 bits per heavy atom. The summed E-state index contributed by atoms with van der Waals surface area (Å²) in [6.07, 6.45) is 1.03. The molecule has 1 heterocycles. The molecule has 1 atom stereocenters. The Morgan fingerprint density at radius 3 is 2.55 bits per heavy atom. The molecule has 0 fully saturated rings. The molecule has 1 aromatic heterocycles. The summed E-state index contributed by atoms with van der Waals surface area (Å²) < 4.78 is 2.06. The Morgan fingerprint density at radius 1 is 1.10 bits per heavy atom. The summed E-state index contributed by atoms with van der Waals surface area (Å²) in [5.41, 5.74) is 4.29. The first-order valence-electron chi connectivity index (χ1n) is 10.1. The van der Waals surface area contributed by atoms with Crippen LogP contribution in [0.4, 0.5) is 5.69 Å². The zero-order chi connectivity index (χ0) is 20.8. The second-order valence-corrected chi connectivity index (χ2v) is 8.04. The van der Waals surface area contributed by atoms with Gasteiger partial charge in [-0.15, -0.1) is 10.2 Å². The van der Waals surface area contributed by atoms with Gasteiger partial charge in [-0.3, -0.25) is 4.79 Å². The molecule has 2 aromatic carbocycles. The minimum Gasteiger partial charge on any atom is -0.325 e. The Balaban J connectivity index is 1.71. The summed E-state index contributed by atoms with van der Waals surface area (Å²) >= 11 is 1.42. The molecule has 0 saturated heterocycles. The first kappa shape index (κ1) is 21.1. The predicted octanol–water partition coefficient (Wildman–Crippen LogP) is 5.52. The van der Waals surface area contributed by atoms with E-state index in [0.717, 1.165) is 40.8 Å². The molecule has 1 amide bonds. The summed E-state index contributed by atoms with van der Waals surface area (Å²) in [4.78, 5) is 12.6. The van der Waals surface area contributed by atoms with E-state index in [4.69, 9.17) is 0 Å². The lowest BCUT2D eigenvalue weighted by Crippen LogP contribution is -2.16. The van der Waals surface area contributed by atoms with Crippen molar-refractivity contribution >= 4 is 23.4 Å². The van der Waals surface area contributed by atoms with Crippen molar-refractivity contribution in [1.82, 2.24) is 14.8 Å². The van der Waals surface area contributed by atoms with E-state index >= 15 is 0 Å². The molecule has 3 aromatic rings. The van der Waals surface area contributed by atoms with E-state index in [0.29, 0.717) is 11.7 Å². The van der Waals surface area contributed by atoms with Crippen LogP contribution in [-0.2, 0) is 11.3 Å². The van der Waals surface area contributed by atoms with Gasteiger partial charge in [-0.1, -0.05) is 68.1 Å². The average Bonchev–Trinajstić information content (AvgIpc) is 3.15. The number of thioether (sulfide) groups is 1. The van der Waals surface area contributed by atoms with Crippen LogP contribution in [0.1, 0.15) is 44.2 Å². The molecule has 3 rings (SSSR count). The third kappa shape index (κ3) is 4.88. The maximum absolute atomic E-state index is 12.6. The molecule has 0 aliphatic rings. The number of nitrogens with one attached hydrogen (secondary N) is 1. The lowest BCUT2D eigenvalue weighted by atomic mass is 9.97. The fourth-order valence-electron chi connectivity index (χ4n) is 3.28. The quantitative estimate of drug-likeness (QED) is 0.499. The third-order valence-corrected chi connectivity index (χ3v) is 6.10. The number of amides is 1. The molecule has 1 N–H and O–H groups in total. The van der Waals surface area contributed by atoms with Crippen molar-refractivity contribution in [3.63, 3.8) is 0 Å². The molecular formula is C23H28N4OS. The fourth-order valence-corrected chi connectivity index (χ4v) is 4.08. The number of aryl methyl sites for hydroxylation is 1. The second kappa shape index (κ2) is 9.74. The van der Waals surface area contributed by atoms with Crippen molar-refractivity contribution < 1.29 is 4.79 Å². The third-order valence-electron chi connectivity index (χ3n) is 5.13. The van der Waals surface area contributed by atoms with Crippen molar-refractivity contribution in [3.05, 3.63) is 59.7 Å². The first-order valence-corrected chi connectivity index (χ1v) is 11.0. The van der Waals surface area contributed by atoms with Gasteiger partial charge in [0.15, 0.2) is 11.0 Å². The van der Waals surface area contributed by atoms with Crippen LogP contribution in [-0.4, -0.2) is 26.4 Å². The van der Waals surface area contributed by atoms with Gasteiger partial charge in [-0.25, -0.2) is 0 Å². The maximum Gasteiger partial charge on any atom is 0.234 e. The van der Waals surface area contributed by atoms with Crippen molar-refractivity contribution in [2.45, 2.75) is 51.7 Å². The molecule has 152 valence electrons. The van der Waals surface area contributed by atoms with Gasteiger partial charge in [0.25, 0.3) is 0 Å². The van der Waals surface area contributed by atoms with Crippen LogP contribution in [0.5, 0.6) is 0 Å². The van der Waals surface area contributed by atoms with Crippen molar-refractivity contribution in [2.24, 2.45) is 0 Å². The normalized spacial score (nSPS) is 12.0. The van der Waals surface area contributed by atoms with E-state index in [1.165, 1.54) is 17.3 Å². The van der Waals surface area contributed by atoms with Gasteiger partial charge >= 0.3 is 0 Å². The van der Waals surface area contributed by atoms with Gasteiger partial charge in [0.1, 0.15) is 0 Å². The van der Waals surface area contributed by atoms with Crippen LogP contribution in [0, 0.1) is 6.92 Å². The zero-order valence-electron chi connectivity index (χ0n) is 17.5. The van der Waals surface area contributed by atoms with Crippen LogP contribution >= 0.6 is 11.8 Å². The number of hydrogen-bond donors (Lipinski definition) is 1. The monoisotopic (exact) mass is 408 g/mol. The first-order chi connectivity index (χ1) is 14.0.